The van der Waals surface area contributed by atoms with Crippen LogP contribution >= 0.6 is 0 Å². The molecule has 8 heteroatoms. The molecule has 2 fully saturated rings. The molecule has 4 aliphatic heterocycles. The number of benzene rings is 1. The molecule has 4 aliphatic rings. The molecular formula is C31H40N2O6. The fraction of sp³-hybridized carbons (Fsp3) is 0.581. The molecule has 4 heterocycles. The smallest absolute Gasteiger partial charge is 0.313 e. The van der Waals surface area contributed by atoms with E-state index < -0.39 is 41.1 Å². The number of cyclic esters (lactones) is 1. The maximum Gasteiger partial charge on any atom is 0.313 e. The molecule has 39 heavy (non-hydrogen) atoms. The van der Waals surface area contributed by atoms with Crippen molar-refractivity contribution in [3.8, 4) is 0 Å². The SMILES string of the molecule is CCCC(C)N1CC=C[C@]23O[C@]4(C)/C=C\CCCCOC(=O)[C@@H]4[C@H]2C(=O)N([C@H](CO)c2ccccc2)C3C1=O. The predicted octanol–water partition coefficient (Wildman–Crippen LogP) is 3.56. The summed E-state index contributed by atoms with van der Waals surface area (Å²) in [7, 11) is 0. The molecule has 2 unspecified atom stereocenters. The summed E-state index contributed by atoms with van der Waals surface area (Å²) in [6, 6.07) is 7.37. The van der Waals surface area contributed by atoms with Gasteiger partial charge in [0.15, 0.2) is 0 Å². The van der Waals surface area contributed by atoms with Crippen LogP contribution in [0, 0.1) is 11.8 Å². The number of aliphatic hydroxyl groups is 1. The highest BCUT2D eigenvalue weighted by molar-refractivity contribution is 5.99. The molecule has 0 aromatic heterocycles. The Hall–Kier alpha value is -2.97. The van der Waals surface area contributed by atoms with E-state index in [-0.39, 0.29) is 31.1 Å². The average molecular weight is 537 g/mol. The first-order valence-electron chi connectivity index (χ1n) is 14.3. The van der Waals surface area contributed by atoms with E-state index in [2.05, 4.69) is 6.92 Å². The molecule has 0 bridgehead atoms. The molecule has 1 aromatic carbocycles. The molecule has 0 saturated carbocycles. The molecular weight excluding hydrogens is 496 g/mol. The summed E-state index contributed by atoms with van der Waals surface area (Å²) in [5.41, 5.74) is -1.79. The van der Waals surface area contributed by atoms with Gasteiger partial charge in [0, 0.05) is 12.6 Å². The topological polar surface area (TPSA) is 96.4 Å². The largest absolute Gasteiger partial charge is 0.465 e. The van der Waals surface area contributed by atoms with Crippen LogP contribution in [0.15, 0.2) is 54.6 Å². The first-order valence-corrected chi connectivity index (χ1v) is 14.3. The number of rotatable bonds is 6. The number of nitrogens with zero attached hydrogens (tertiary/aromatic N) is 2. The third kappa shape index (κ3) is 4.51. The second-order valence-corrected chi connectivity index (χ2v) is 11.4. The Morgan fingerprint density at radius 1 is 1.05 bits per heavy atom. The number of amides is 2. The lowest BCUT2D eigenvalue weighted by molar-refractivity contribution is -0.162. The van der Waals surface area contributed by atoms with Crippen molar-refractivity contribution in [2.45, 2.75) is 82.2 Å². The first kappa shape index (κ1) is 27.6. The number of likely N-dealkylation sites (tertiary alicyclic amines) is 1. The van der Waals surface area contributed by atoms with E-state index in [0.29, 0.717) is 12.1 Å². The van der Waals surface area contributed by atoms with Crippen LogP contribution in [-0.2, 0) is 23.9 Å². The zero-order valence-corrected chi connectivity index (χ0v) is 23.1. The van der Waals surface area contributed by atoms with Crippen molar-refractivity contribution in [3.63, 3.8) is 0 Å². The van der Waals surface area contributed by atoms with E-state index in [4.69, 9.17) is 9.47 Å². The van der Waals surface area contributed by atoms with Crippen molar-refractivity contribution >= 4 is 17.8 Å². The van der Waals surface area contributed by atoms with Gasteiger partial charge in [-0.15, -0.1) is 0 Å². The van der Waals surface area contributed by atoms with Gasteiger partial charge in [-0.2, -0.15) is 0 Å². The average Bonchev–Trinajstić information content (AvgIpc) is 3.25. The van der Waals surface area contributed by atoms with Crippen LogP contribution in [0.2, 0.25) is 0 Å². The van der Waals surface area contributed by atoms with Gasteiger partial charge in [-0.1, -0.05) is 68.0 Å². The lowest BCUT2D eigenvalue weighted by Crippen LogP contribution is -2.58. The molecule has 210 valence electrons. The predicted molar refractivity (Wildman–Crippen MR) is 145 cm³/mol. The first-order chi connectivity index (χ1) is 18.8. The molecule has 2 saturated heterocycles. The van der Waals surface area contributed by atoms with Gasteiger partial charge in [0.2, 0.25) is 11.8 Å². The van der Waals surface area contributed by atoms with Gasteiger partial charge >= 0.3 is 5.97 Å². The number of carbonyl (C=O) groups excluding carboxylic acids is 3. The molecule has 8 nitrogen and oxygen atoms in total. The zero-order chi connectivity index (χ0) is 27.8. The van der Waals surface area contributed by atoms with Gasteiger partial charge in [-0.25, -0.2) is 0 Å². The monoisotopic (exact) mass is 536 g/mol. The third-order valence-corrected chi connectivity index (χ3v) is 8.90. The minimum atomic E-state index is -1.38. The van der Waals surface area contributed by atoms with Crippen LogP contribution in [0.4, 0.5) is 0 Å². The standard InChI is InChI=1S/C31H40N2O6/c1-4-13-21(2)32-18-12-17-31-24(25-29(37)38-19-11-6-5-10-16-30(25,3)39-31)27(35)33(26(31)28(32)36)23(20-34)22-14-8-7-9-15-22/h7-10,12,14-17,21,23-26,34H,4-6,11,13,18-20H2,1-3H3/b16-10-/t21?,23-,24+,25+,26?,30-,31+/m1/s1. The fourth-order valence-electron chi connectivity index (χ4n) is 7.09. The van der Waals surface area contributed by atoms with Crippen LogP contribution in [0.3, 0.4) is 0 Å². The Kier molecular flexibility index (Phi) is 7.71. The normalized spacial score (nSPS) is 35.0. The van der Waals surface area contributed by atoms with E-state index >= 15 is 0 Å². The molecule has 2 amide bonds. The van der Waals surface area contributed by atoms with E-state index in [9.17, 15) is 19.5 Å². The van der Waals surface area contributed by atoms with Crippen molar-refractivity contribution in [2.24, 2.45) is 11.8 Å². The van der Waals surface area contributed by atoms with E-state index in [1.54, 1.807) is 4.90 Å². The van der Waals surface area contributed by atoms with Crippen LogP contribution < -0.4 is 0 Å². The number of hydrogen-bond acceptors (Lipinski definition) is 6. The molecule has 0 aliphatic carbocycles. The van der Waals surface area contributed by atoms with E-state index in [1.165, 1.54) is 4.90 Å². The van der Waals surface area contributed by atoms with Crippen LogP contribution in [0.1, 0.15) is 64.5 Å². The number of fused-ring (bicyclic) bond motifs is 2. The molecule has 1 spiro atoms. The van der Waals surface area contributed by atoms with E-state index in [0.717, 1.165) is 32.1 Å². The Morgan fingerprint density at radius 3 is 2.54 bits per heavy atom. The Bertz CT molecular complexity index is 1150. The van der Waals surface area contributed by atoms with Gasteiger partial charge in [0.25, 0.3) is 0 Å². The fourth-order valence-corrected chi connectivity index (χ4v) is 7.09. The number of aliphatic hydroxyl groups excluding tert-OH is 1. The molecule has 0 radical (unpaired) electrons. The van der Waals surface area contributed by atoms with Gasteiger partial charge in [-0.3, -0.25) is 14.4 Å². The van der Waals surface area contributed by atoms with Crippen molar-refractivity contribution in [1.29, 1.82) is 0 Å². The summed E-state index contributed by atoms with van der Waals surface area (Å²) in [5.74, 6) is -2.98. The van der Waals surface area contributed by atoms with Gasteiger partial charge < -0.3 is 24.4 Å². The van der Waals surface area contributed by atoms with Crippen molar-refractivity contribution in [1.82, 2.24) is 9.80 Å². The molecule has 7 atom stereocenters. The minimum absolute atomic E-state index is 0.0508. The highest BCUT2D eigenvalue weighted by atomic mass is 16.6. The Labute approximate surface area is 230 Å². The number of carbonyl (C=O) groups is 3. The Morgan fingerprint density at radius 2 is 1.82 bits per heavy atom. The highest BCUT2D eigenvalue weighted by Crippen LogP contribution is 2.58. The van der Waals surface area contributed by atoms with Gasteiger partial charge in [-0.05, 0) is 45.1 Å². The summed E-state index contributed by atoms with van der Waals surface area (Å²) in [4.78, 5) is 46.0. The highest BCUT2D eigenvalue weighted by Gasteiger charge is 2.75. The lowest BCUT2D eigenvalue weighted by atomic mass is 9.74. The number of hydrogen-bond donors (Lipinski definition) is 1. The van der Waals surface area contributed by atoms with Gasteiger partial charge in [0.1, 0.15) is 17.6 Å². The second kappa shape index (κ2) is 10.9. The maximum atomic E-state index is 14.6. The maximum absolute atomic E-state index is 14.6. The quantitative estimate of drug-likeness (QED) is 0.441. The molecule has 5 rings (SSSR count). The summed E-state index contributed by atoms with van der Waals surface area (Å²) in [5, 5.41) is 10.6. The summed E-state index contributed by atoms with van der Waals surface area (Å²) in [6.07, 6.45) is 11.8. The van der Waals surface area contributed by atoms with Gasteiger partial charge in [0.05, 0.1) is 30.8 Å². The zero-order valence-electron chi connectivity index (χ0n) is 23.1. The van der Waals surface area contributed by atoms with Crippen molar-refractivity contribution in [3.05, 3.63) is 60.2 Å². The van der Waals surface area contributed by atoms with Crippen LogP contribution in [-0.4, -0.2) is 75.7 Å². The van der Waals surface area contributed by atoms with Crippen molar-refractivity contribution < 1.29 is 29.0 Å². The summed E-state index contributed by atoms with van der Waals surface area (Å²) >= 11 is 0. The summed E-state index contributed by atoms with van der Waals surface area (Å²) in [6.45, 7) is 6.21. The summed E-state index contributed by atoms with van der Waals surface area (Å²) < 4.78 is 12.6. The Balaban J connectivity index is 1.68. The third-order valence-electron chi connectivity index (χ3n) is 8.90. The number of ether oxygens (including phenoxy) is 2. The number of esters is 1. The molecule has 1 aromatic rings. The van der Waals surface area contributed by atoms with Crippen LogP contribution in [0.25, 0.3) is 0 Å². The number of allylic oxidation sites excluding steroid dienone is 1. The molecule has 1 N–H and O–H groups in total. The second-order valence-electron chi connectivity index (χ2n) is 11.4. The minimum Gasteiger partial charge on any atom is -0.465 e. The lowest BCUT2D eigenvalue weighted by Gasteiger charge is -2.41. The van der Waals surface area contributed by atoms with E-state index in [1.807, 2.05) is 68.5 Å². The van der Waals surface area contributed by atoms with Crippen LogP contribution in [0.5, 0.6) is 0 Å². The van der Waals surface area contributed by atoms with Crippen molar-refractivity contribution in [2.75, 3.05) is 19.8 Å².